The van der Waals surface area contributed by atoms with Gasteiger partial charge >= 0.3 is 0 Å². The van der Waals surface area contributed by atoms with Gasteiger partial charge in [-0.2, -0.15) is 0 Å². The Balaban J connectivity index is 2.32. The zero-order valence-electron chi connectivity index (χ0n) is 10.4. The molecule has 0 aliphatic carbocycles. The Morgan fingerprint density at radius 1 is 1.16 bits per heavy atom. The second kappa shape index (κ2) is 6.34. The molecule has 106 valence electrons. The van der Waals surface area contributed by atoms with Gasteiger partial charge in [-0.1, -0.05) is 0 Å². The largest absolute Gasteiger partial charge is 0.314 e. The average molecular weight is 276 g/mol. The zero-order valence-corrected chi connectivity index (χ0v) is 10.4. The highest BCUT2D eigenvalue weighted by molar-refractivity contribution is 5.24. The summed E-state index contributed by atoms with van der Waals surface area (Å²) in [6.07, 6.45) is 0.0276. The number of piperazine rings is 1. The molecule has 1 heterocycles. The Morgan fingerprint density at radius 3 is 2.47 bits per heavy atom. The van der Waals surface area contributed by atoms with Gasteiger partial charge in [-0.3, -0.25) is 9.29 Å². The average Bonchev–Trinajstić information content (AvgIpc) is 2.41. The van der Waals surface area contributed by atoms with E-state index in [1.165, 1.54) is 0 Å². The van der Waals surface area contributed by atoms with E-state index < -0.39 is 30.2 Å². The van der Waals surface area contributed by atoms with Gasteiger partial charge < -0.3 is 5.32 Å². The third-order valence-corrected chi connectivity index (χ3v) is 3.36. The monoisotopic (exact) mass is 276 g/mol. The lowest BCUT2D eigenvalue weighted by molar-refractivity contribution is 0.153. The number of rotatable bonds is 4. The first kappa shape index (κ1) is 14.3. The molecule has 1 fully saturated rings. The van der Waals surface area contributed by atoms with E-state index in [0.717, 1.165) is 6.07 Å². The van der Waals surface area contributed by atoms with Crippen LogP contribution in [0.1, 0.15) is 18.0 Å². The number of hydrogen-bond donors (Lipinski definition) is 1. The third kappa shape index (κ3) is 3.25. The number of hydrogen-bond acceptors (Lipinski definition) is 2. The van der Waals surface area contributed by atoms with Crippen LogP contribution < -0.4 is 5.32 Å². The number of benzene rings is 1. The van der Waals surface area contributed by atoms with Crippen LogP contribution in [0.3, 0.4) is 0 Å². The highest BCUT2D eigenvalue weighted by Crippen LogP contribution is 2.29. The minimum atomic E-state index is -1.23. The van der Waals surface area contributed by atoms with Crippen molar-refractivity contribution in [3.8, 4) is 0 Å². The van der Waals surface area contributed by atoms with Crippen LogP contribution in [0.4, 0.5) is 17.6 Å². The number of halogens is 4. The predicted octanol–water partition coefficient (Wildman–Crippen LogP) is 2.41. The van der Waals surface area contributed by atoms with Crippen molar-refractivity contribution >= 4 is 0 Å². The maximum absolute atomic E-state index is 13.8. The van der Waals surface area contributed by atoms with Crippen molar-refractivity contribution in [1.29, 1.82) is 0 Å². The SMILES string of the molecule is FCC[C@@H](c1cc(F)cc(F)c1F)N1CCNCC1. The van der Waals surface area contributed by atoms with Crippen LogP contribution in [0, 0.1) is 17.5 Å². The summed E-state index contributed by atoms with van der Waals surface area (Å²) in [4.78, 5) is 1.85. The van der Waals surface area contributed by atoms with Crippen LogP contribution >= 0.6 is 0 Å². The second-order valence-corrected chi connectivity index (χ2v) is 4.57. The first-order chi connectivity index (χ1) is 9.13. The molecule has 1 saturated heterocycles. The van der Waals surface area contributed by atoms with Crippen molar-refractivity contribution in [3.05, 3.63) is 35.1 Å². The molecule has 0 unspecified atom stereocenters. The minimum Gasteiger partial charge on any atom is -0.314 e. The van der Waals surface area contributed by atoms with E-state index in [2.05, 4.69) is 5.32 Å². The molecule has 6 heteroatoms. The van der Waals surface area contributed by atoms with Crippen molar-refractivity contribution in [1.82, 2.24) is 10.2 Å². The molecule has 2 rings (SSSR count). The van der Waals surface area contributed by atoms with Gasteiger partial charge in [0.15, 0.2) is 11.6 Å². The summed E-state index contributed by atoms with van der Waals surface area (Å²) in [6.45, 7) is 1.93. The predicted molar refractivity (Wildman–Crippen MR) is 64.1 cm³/mol. The normalized spacial score (nSPS) is 18.5. The molecule has 2 nitrogen and oxygen atoms in total. The summed E-state index contributed by atoms with van der Waals surface area (Å²) in [5.41, 5.74) is -0.1000. The van der Waals surface area contributed by atoms with Gasteiger partial charge in [-0.15, -0.1) is 0 Å². The van der Waals surface area contributed by atoms with Crippen molar-refractivity contribution in [3.63, 3.8) is 0 Å². The van der Waals surface area contributed by atoms with Crippen LogP contribution in [0.15, 0.2) is 12.1 Å². The van der Waals surface area contributed by atoms with E-state index in [-0.39, 0.29) is 12.0 Å². The molecule has 1 N–H and O–H groups in total. The Hall–Kier alpha value is -1.14. The smallest absolute Gasteiger partial charge is 0.163 e. The Morgan fingerprint density at radius 2 is 1.84 bits per heavy atom. The Labute approximate surface area is 109 Å². The van der Waals surface area contributed by atoms with Gasteiger partial charge in [0.2, 0.25) is 0 Å². The second-order valence-electron chi connectivity index (χ2n) is 4.57. The van der Waals surface area contributed by atoms with Crippen LogP contribution in [0.5, 0.6) is 0 Å². The van der Waals surface area contributed by atoms with Crippen LogP contribution in [0.2, 0.25) is 0 Å². The summed E-state index contributed by atoms with van der Waals surface area (Å²) >= 11 is 0. The van der Waals surface area contributed by atoms with Gasteiger partial charge in [0.25, 0.3) is 0 Å². The lowest BCUT2D eigenvalue weighted by atomic mass is 10.0. The molecule has 19 heavy (non-hydrogen) atoms. The van der Waals surface area contributed by atoms with Crippen molar-refractivity contribution < 1.29 is 17.6 Å². The lowest BCUT2D eigenvalue weighted by Gasteiger charge is -2.35. The van der Waals surface area contributed by atoms with E-state index in [0.29, 0.717) is 32.2 Å². The standard InChI is InChI=1S/C13H16F4N2/c14-2-1-12(19-5-3-18-4-6-19)10-7-9(15)8-11(16)13(10)17/h7-8,12,18H,1-6H2/t12-/m0/s1. The fourth-order valence-corrected chi connectivity index (χ4v) is 2.45. The summed E-state index contributed by atoms with van der Waals surface area (Å²) in [5, 5.41) is 3.12. The first-order valence-electron chi connectivity index (χ1n) is 6.28. The van der Waals surface area contributed by atoms with Crippen molar-refractivity contribution in [2.75, 3.05) is 32.9 Å². The Kier molecular flexibility index (Phi) is 4.76. The number of nitrogens with zero attached hydrogens (tertiary/aromatic N) is 1. The van der Waals surface area contributed by atoms with Crippen molar-refractivity contribution in [2.24, 2.45) is 0 Å². The van der Waals surface area contributed by atoms with Crippen molar-refractivity contribution in [2.45, 2.75) is 12.5 Å². The van der Waals surface area contributed by atoms with Gasteiger partial charge in [-0.25, -0.2) is 13.2 Å². The number of alkyl halides is 1. The number of nitrogens with one attached hydrogen (secondary N) is 1. The lowest BCUT2D eigenvalue weighted by Crippen LogP contribution is -2.45. The molecule has 1 atom stereocenters. The molecule has 0 bridgehead atoms. The van der Waals surface area contributed by atoms with Crippen LogP contribution in [-0.4, -0.2) is 37.8 Å². The maximum atomic E-state index is 13.8. The fourth-order valence-electron chi connectivity index (χ4n) is 2.45. The van der Waals surface area contributed by atoms with E-state index in [1.54, 1.807) is 0 Å². The quantitative estimate of drug-likeness (QED) is 0.671. The third-order valence-electron chi connectivity index (χ3n) is 3.36. The van der Waals surface area contributed by atoms with Crippen LogP contribution in [0.25, 0.3) is 0 Å². The summed E-state index contributed by atoms with van der Waals surface area (Å²) in [6, 6.07) is 0.835. The molecule has 1 aliphatic rings. The summed E-state index contributed by atoms with van der Waals surface area (Å²) < 4.78 is 53.0. The van der Waals surface area contributed by atoms with Gasteiger partial charge in [0.1, 0.15) is 5.82 Å². The molecule has 1 aromatic carbocycles. The molecule has 0 aromatic heterocycles. The molecule has 1 aliphatic heterocycles. The van der Waals surface area contributed by atoms with E-state index in [1.807, 2.05) is 4.90 Å². The topological polar surface area (TPSA) is 15.3 Å². The van der Waals surface area contributed by atoms with E-state index >= 15 is 0 Å². The van der Waals surface area contributed by atoms with Gasteiger partial charge in [0, 0.05) is 43.9 Å². The minimum absolute atomic E-state index is 0.0276. The summed E-state index contributed by atoms with van der Waals surface area (Å²) in [5.74, 6) is -3.15. The van der Waals surface area contributed by atoms with Gasteiger partial charge in [-0.05, 0) is 12.5 Å². The maximum Gasteiger partial charge on any atom is 0.163 e. The zero-order chi connectivity index (χ0) is 13.8. The first-order valence-corrected chi connectivity index (χ1v) is 6.28. The van der Waals surface area contributed by atoms with Gasteiger partial charge in [0.05, 0.1) is 6.67 Å². The van der Waals surface area contributed by atoms with Crippen LogP contribution in [-0.2, 0) is 0 Å². The molecule has 0 spiro atoms. The fraction of sp³-hybridized carbons (Fsp3) is 0.538. The molecular weight excluding hydrogens is 260 g/mol. The highest BCUT2D eigenvalue weighted by Gasteiger charge is 2.26. The molecule has 0 radical (unpaired) electrons. The van der Waals surface area contributed by atoms with E-state index in [4.69, 9.17) is 0 Å². The highest BCUT2D eigenvalue weighted by atomic mass is 19.2. The van der Waals surface area contributed by atoms with E-state index in [9.17, 15) is 17.6 Å². The molecule has 0 amide bonds. The molecule has 1 aromatic rings. The Bertz CT molecular complexity index is 433. The molecule has 0 saturated carbocycles. The summed E-state index contributed by atoms with van der Waals surface area (Å²) in [7, 11) is 0. The molecular formula is C13H16F4N2.